The molecule has 2 aromatic rings. The summed E-state index contributed by atoms with van der Waals surface area (Å²) in [7, 11) is -2.91. The molecule has 3 nitrogen and oxygen atoms in total. The second-order valence-electron chi connectivity index (χ2n) is 3.85. The molecule has 0 aliphatic carbocycles. The van der Waals surface area contributed by atoms with Gasteiger partial charge in [0, 0.05) is 11.1 Å². The summed E-state index contributed by atoms with van der Waals surface area (Å²) in [6.45, 7) is 0. The summed E-state index contributed by atoms with van der Waals surface area (Å²) in [6.07, 6.45) is 1.64. The van der Waals surface area contributed by atoms with E-state index in [0.717, 1.165) is 5.56 Å². The molecule has 0 radical (unpaired) electrons. The first-order chi connectivity index (χ1) is 8.59. The van der Waals surface area contributed by atoms with Gasteiger partial charge in [0.1, 0.15) is 0 Å². The topological polar surface area (TPSA) is 66.9 Å². The quantitative estimate of drug-likeness (QED) is 0.829. The van der Waals surface area contributed by atoms with Crippen molar-refractivity contribution in [2.75, 3.05) is 5.73 Å². The van der Waals surface area contributed by atoms with Gasteiger partial charge in [-0.1, -0.05) is 36.4 Å². The molecule has 1 unspecified atom stereocenters. The third kappa shape index (κ3) is 2.78. The average molecular weight is 258 g/mol. The van der Waals surface area contributed by atoms with Crippen LogP contribution in [0.1, 0.15) is 5.56 Å². The number of hydrogen-bond acceptors (Lipinski definition) is 3. The van der Waals surface area contributed by atoms with Crippen molar-refractivity contribution in [1.82, 2.24) is 0 Å². The van der Waals surface area contributed by atoms with Crippen molar-refractivity contribution in [1.29, 1.82) is 4.78 Å². The van der Waals surface area contributed by atoms with E-state index >= 15 is 0 Å². The van der Waals surface area contributed by atoms with Gasteiger partial charge in [-0.2, -0.15) is 0 Å². The maximum absolute atomic E-state index is 12.2. The van der Waals surface area contributed by atoms with E-state index in [1.165, 1.54) is 5.41 Å². The summed E-state index contributed by atoms with van der Waals surface area (Å²) in [5.74, 6) is 0. The molecule has 0 aliphatic heterocycles. The normalized spacial score (nSPS) is 14.4. The van der Waals surface area contributed by atoms with Crippen molar-refractivity contribution in [3.8, 4) is 0 Å². The van der Waals surface area contributed by atoms with Gasteiger partial charge in [-0.3, -0.25) is 0 Å². The van der Waals surface area contributed by atoms with Gasteiger partial charge in [-0.15, -0.1) is 0 Å². The lowest BCUT2D eigenvalue weighted by Gasteiger charge is -2.02. The number of anilines is 1. The molecule has 18 heavy (non-hydrogen) atoms. The minimum atomic E-state index is -2.91. The van der Waals surface area contributed by atoms with E-state index < -0.39 is 9.73 Å². The highest BCUT2D eigenvalue weighted by atomic mass is 32.2. The summed E-state index contributed by atoms with van der Waals surface area (Å²) >= 11 is 0. The molecular weight excluding hydrogens is 244 g/mol. The van der Waals surface area contributed by atoms with Crippen LogP contribution in [0.2, 0.25) is 0 Å². The predicted octanol–water partition coefficient (Wildman–Crippen LogP) is 3.35. The summed E-state index contributed by atoms with van der Waals surface area (Å²) < 4.78 is 20.1. The van der Waals surface area contributed by atoms with E-state index in [9.17, 15) is 4.21 Å². The minimum absolute atomic E-state index is 0.496. The molecule has 0 heterocycles. The Kier molecular flexibility index (Phi) is 3.48. The average Bonchev–Trinajstić information content (AvgIpc) is 2.39. The minimum Gasteiger partial charge on any atom is -0.398 e. The van der Waals surface area contributed by atoms with E-state index in [-0.39, 0.29) is 0 Å². The highest BCUT2D eigenvalue weighted by Crippen LogP contribution is 2.17. The third-order valence-electron chi connectivity index (χ3n) is 2.53. The molecule has 0 saturated carbocycles. The number of benzene rings is 2. The Bertz CT molecular complexity index is 661. The summed E-state index contributed by atoms with van der Waals surface area (Å²) in [4.78, 5) is 0.496. The third-order valence-corrected chi connectivity index (χ3v) is 4.02. The SMILES string of the molecule is N=S(=O)(/C=C/c1ccccc1N)c1ccccc1. The second kappa shape index (κ2) is 5.06. The Morgan fingerprint density at radius 3 is 2.28 bits per heavy atom. The van der Waals surface area contributed by atoms with E-state index in [4.69, 9.17) is 10.5 Å². The molecular formula is C14H14N2OS. The molecule has 0 aliphatic rings. The summed E-state index contributed by atoms with van der Waals surface area (Å²) in [5.41, 5.74) is 7.16. The van der Waals surface area contributed by atoms with Gasteiger partial charge >= 0.3 is 0 Å². The molecule has 0 saturated heterocycles. The van der Waals surface area contributed by atoms with Crippen molar-refractivity contribution in [3.05, 3.63) is 65.6 Å². The first-order valence-electron chi connectivity index (χ1n) is 5.46. The molecule has 0 fully saturated rings. The molecule has 0 bridgehead atoms. The van der Waals surface area contributed by atoms with Crippen LogP contribution >= 0.6 is 0 Å². The standard InChI is InChI=1S/C14H14N2OS/c15-14-9-5-4-6-12(14)10-11-18(16,17)13-7-2-1-3-8-13/h1-11,16H,15H2/b11-10+. The van der Waals surface area contributed by atoms with E-state index in [2.05, 4.69) is 0 Å². The molecule has 1 atom stereocenters. The largest absolute Gasteiger partial charge is 0.398 e. The van der Waals surface area contributed by atoms with E-state index in [0.29, 0.717) is 10.6 Å². The highest BCUT2D eigenvalue weighted by molar-refractivity contribution is 7.95. The molecule has 2 rings (SSSR count). The van der Waals surface area contributed by atoms with Crippen LogP contribution in [0.4, 0.5) is 5.69 Å². The maximum atomic E-state index is 12.2. The van der Waals surface area contributed by atoms with Gasteiger partial charge in [0.05, 0.1) is 14.6 Å². The lowest BCUT2D eigenvalue weighted by Crippen LogP contribution is -1.94. The number of para-hydroxylation sites is 1. The van der Waals surface area contributed by atoms with Crippen molar-refractivity contribution in [2.24, 2.45) is 0 Å². The number of nitrogen functional groups attached to an aromatic ring is 1. The fourth-order valence-corrected chi connectivity index (χ4v) is 2.59. The zero-order valence-corrected chi connectivity index (χ0v) is 10.6. The van der Waals surface area contributed by atoms with Gasteiger partial charge in [-0.25, -0.2) is 8.99 Å². The first-order valence-corrected chi connectivity index (χ1v) is 7.08. The van der Waals surface area contributed by atoms with Crippen LogP contribution in [0.5, 0.6) is 0 Å². The number of rotatable bonds is 3. The fourth-order valence-electron chi connectivity index (χ4n) is 1.53. The highest BCUT2D eigenvalue weighted by Gasteiger charge is 2.04. The Balaban J connectivity index is 2.32. The predicted molar refractivity (Wildman–Crippen MR) is 75.5 cm³/mol. The first kappa shape index (κ1) is 12.4. The monoisotopic (exact) mass is 258 g/mol. The van der Waals surface area contributed by atoms with Crippen LogP contribution in [-0.4, -0.2) is 4.21 Å². The lowest BCUT2D eigenvalue weighted by molar-refractivity contribution is 0.681. The second-order valence-corrected chi connectivity index (χ2v) is 5.79. The van der Waals surface area contributed by atoms with Crippen LogP contribution in [0.3, 0.4) is 0 Å². The zero-order chi connectivity index (χ0) is 13.0. The molecule has 0 amide bonds. The Labute approximate surface area is 107 Å². The Morgan fingerprint density at radius 2 is 1.61 bits per heavy atom. The number of nitrogens with two attached hydrogens (primary N) is 1. The zero-order valence-electron chi connectivity index (χ0n) is 9.74. The molecule has 2 aromatic carbocycles. The van der Waals surface area contributed by atoms with Gasteiger partial charge in [0.2, 0.25) is 0 Å². The summed E-state index contributed by atoms with van der Waals surface area (Å²) in [6, 6.07) is 16.0. The van der Waals surface area contributed by atoms with Gasteiger partial charge < -0.3 is 5.73 Å². The maximum Gasteiger partial charge on any atom is 0.0943 e. The number of nitrogens with one attached hydrogen (secondary N) is 1. The van der Waals surface area contributed by atoms with Crippen molar-refractivity contribution >= 4 is 21.5 Å². The van der Waals surface area contributed by atoms with Gasteiger partial charge in [0.25, 0.3) is 0 Å². The van der Waals surface area contributed by atoms with Crippen molar-refractivity contribution in [3.63, 3.8) is 0 Å². The van der Waals surface area contributed by atoms with Crippen LogP contribution in [0.25, 0.3) is 6.08 Å². The van der Waals surface area contributed by atoms with Crippen molar-refractivity contribution < 1.29 is 4.21 Å². The lowest BCUT2D eigenvalue weighted by atomic mass is 10.2. The molecule has 0 aromatic heterocycles. The Hall–Kier alpha value is -2.07. The van der Waals surface area contributed by atoms with Crippen molar-refractivity contribution in [2.45, 2.75) is 4.90 Å². The van der Waals surface area contributed by atoms with Crippen LogP contribution in [0, 0.1) is 4.78 Å². The smallest absolute Gasteiger partial charge is 0.0943 e. The van der Waals surface area contributed by atoms with Crippen LogP contribution < -0.4 is 5.73 Å². The molecule has 92 valence electrons. The van der Waals surface area contributed by atoms with Crippen LogP contribution in [0.15, 0.2) is 64.9 Å². The number of hydrogen-bond donors (Lipinski definition) is 2. The van der Waals surface area contributed by atoms with E-state index in [1.807, 2.05) is 24.3 Å². The molecule has 3 N–H and O–H groups in total. The summed E-state index contributed by atoms with van der Waals surface area (Å²) in [5, 5.41) is 1.40. The van der Waals surface area contributed by atoms with Gasteiger partial charge in [-0.05, 0) is 29.8 Å². The fraction of sp³-hybridized carbons (Fsp3) is 0. The van der Waals surface area contributed by atoms with E-state index in [1.54, 1.807) is 36.4 Å². The van der Waals surface area contributed by atoms with Gasteiger partial charge in [0.15, 0.2) is 0 Å². The van der Waals surface area contributed by atoms with Crippen LogP contribution in [-0.2, 0) is 9.73 Å². The Morgan fingerprint density at radius 1 is 1.00 bits per heavy atom. The molecule has 0 spiro atoms. The molecule has 4 heteroatoms.